The lowest BCUT2D eigenvalue weighted by atomic mass is 10.5. The zero-order valence-corrected chi connectivity index (χ0v) is 6.63. The van der Waals surface area contributed by atoms with Crippen LogP contribution in [-0.2, 0) is 4.74 Å². The van der Waals surface area contributed by atoms with E-state index in [0.29, 0.717) is 4.32 Å². The number of hydrogen-bond donors (Lipinski definition) is 0. The van der Waals surface area contributed by atoms with Crippen LogP contribution < -0.4 is 0 Å². The van der Waals surface area contributed by atoms with Gasteiger partial charge in [0.15, 0.2) is 4.32 Å². The molecule has 51 valence electrons. The van der Waals surface area contributed by atoms with Crippen molar-refractivity contribution in [2.45, 2.75) is 0 Å². The predicted octanol–water partition coefficient (Wildman–Crippen LogP) is 0.801. The van der Waals surface area contributed by atoms with Crippen LogP contribution in [0.2, 0.25) is 0 Å². The average Bonchev–Trinajstić information content (AvgIpc) is 1.90. The van der Waals surface area contributed by atoms with Crippen molar-refractivity contribution in [2.24, 2.45) is 0 Å². The van der Waals surface area contributed by atoms with Crippen molar-refractivity contribution in [2.75, 3.05) is 26.3 Å². The molecule has 0 aliphatic carbocycles. The summed E-state index contributed by atoms with van der Waals surface area (Å²) in [4.78, 5) is 1.98. The van der Waals surface area contributed by atoms with Crippen molar-refractivity contribution in [1.29, 1.82) is 0 Å². The van der Waals surface area contributed by atoms with E-state index in [1.807, 2.05) is 4.90 Å². The van der Waals surface area contributed by atoms with Gasteiger partial charge in [-0.1, -0.05) is 0 Å². The van der Waals surface area contributed by atoms with Gasteiger partial charge in [0.05, 0.1) is 13.2 Å². The molecule has 0 spiro atoms. The van der Waals surface area contributed by atoms with Crippen molar-refractivity contribution in [3.63, 3.8) is 0 Å². The Kier molecular flexibility index (Phi) is 2.63. The van der Waals surface area contributed by atoms with E-state index in [9.17, 15) is 0 Å². The molecule has 9 heavy (non-hydrogen) atoms. The molecule has 0 amide bonds. The molecule has 0 aromatic heterocycles. The Morgan fingerprint density at radius 2 is 1.89 bits per heavy atom. The molecule has 4 heteroatoms. The molecule has 1 fully saturated rings. The van der Waals surface area contributed by atoms with Gasteiger partial charge in [-0.05, 0) is 24.8 Å². The topological polar surface area (TPSA) is 12.5 Å². The second-order valence-electron chi connectivity index (χ2n) is 1.87. The van der Waals surface area contributed by atoms with E-state index in [2.05, 4.69) is 0 Å². The van der Waals surface area contributed by atoms with Gasteiger partial charge in [0.2, 0.25) is 0 Å². The third kappa shape index (κ3) is 2.04. The maximum atomic E-state index is 5.10. The highest BCUT2D eigenvalue weighted by atomic mass is 32.1. The smallest absolute Gasteiger partial charge is 0.167 e. The van der Waals surface area contributed by atoms with E-state index in [-0.39, 0.29) is 0 Å². The second-order valence-corrected chi connectivity index (χ2v) is 2.90. The van der Waals surface area contributed by atoms with Crippen molar-refractivity contribution in [3.05, 3.63) is 0 Å². The maximum Gasteiger partial charge on any atom is 0.167 e. The second kappa shape index (κ2) is 3.29. The van der Waals surface area contributed by atoms with Crippen molar-refractivity contribution in [1.82, 2.24) is 4.90 Å². The van der Waals surface area contributed by atoms with Gasteiger partial charge in [0.25, 0.3) is 0 Å². The van der Waals surface area contributed by atoms with Gasteiger partial charge in [-0.25, -0.2) is 0 Å². The molecule has 0 atom stereocenters. The third-order valence-corrected chi connectivity index (χ3v) is 1.79. The number of ether oxygens (including phenoxy) is 1. The highest BCUT2D eigenvalue weighted by Gasteiger charge is 2.10. The summed E-state index contributed by atoms with van der Waals surface area (Å²) in [6.45, 7) is 3.25. The van der Waals surface area contributed by atoms with Crippen LogP contribution >= 0.6 is 24.8 Å². The highest BCUT2D eigenvalue weighted by molar-refractivity contribution is 8.10. The van der Waals surface area contributed by atoms with E-state index in [0.717, 1.165) is 26.3 Å². The lowest BCUT2D eigenvalue weighted by Crippen LogP contribution is -2.37. The number of thiocarbonyl (C=S) groups is 1. The van der Waals surface area contributed by atoms with E-state index in [4.69, 9.17) is 29.6 Å². The quantitative estimate of drug-likeness (QED) is 0.489. The molecule has 1 saturated heterocycles. The van der Waals surface area contributed by atoms with Gasteiger partial charge in [-0.15, -0.1) is 0 Å². The Hall–Kier alpha value is 0.0700. The van der Waals surface area contributed by atoms with Crippen LogP contribution in [0.25, 0.3) is 0 Å². The molecule has 1 aliphatic heterocycles. The molecule has 0 saturated carbocycles. The van der Waals surface area contributed by atoms with Crippen LogP contribution in [-0.4, -0.2) is 35.5 Å². The minimum atomic E-state index is 0.568. The number of hydrogen-bond acceptors (Lipinski definition) is 2. The van der Waals surface area contributed by atoms with Crippen molar-refractivity contribution < 1.29 is 4.74 Å². The van der Waals surface area contributed by atoms with Gasteiger partial charge in [0.1, 0.15) is 0 Å². The van der Waals surface area contributed by atoms with Gasteiger partial charge < -0.3 is 9.64 Å². The fourth-order valence-corrected chi connectivity index (χ4v) is 1.11. The van der Waals surface area contributed by atoms with E-state index < -0.39 is 0 Å². The lowest BCUT2D eigenvalue weighted by molar-refractivity contribution is 0.0703. The van der Waals surface area contributed by atoms with Crippen LogP contribution in [0.15, 0.2) is 0 Å². The standard InChI is InChI=1S/C5H8NOS2/c8-5(9)6-1-3-7-4-2-6/h1-4H2. The molecule has 2 nitrogen and oxygen atoms in total. The number of rotatable bonds is 0. The van der Waals surface area contributed by atoms with Crippen LogP contribution in [0, 0.1) is 0 Å². The summed E-state index contributed by atoms with van der Waals surface area (Å²) in [5.41, 5.74) is 0. The molecule has 1 aliphatic rings. The Morgan fingerprint density at radius 3 is 2.22 bits per heavy atom. The fourth-order valence-electron chi connectivity index (χ4n) is 0.746. The zero-order chi connectivity index (χ0) is 6.69. The first kappa shape index (κ1) is 7.18. The average molecular weight is 162 g/mol. The summed E-state index contributed by atoms with van der Waals surface area (Å²) in [6.07, 6.45) is 0. The summed E-state index contributed by atoms with van der Waals surface area (Å²) in [5, 5.41) is 0. The Morgan fingerprint density at radius 1 is 1.33 bits per heavy atom. The normalized spacial score (nSPS) is 19.8. The summed E-state index contributed by atoms with van der Waals surface area (Å²) in [7, 11) is 0. The first-order chi connectivity index (χ1) is 4.30. The van der Waals surface area contributed by atoms with Crippen LogP contribution in [0.1, 0.15) is 0 Å². The number of nitrogens with zero attached hydrogens (tertiary/aromatic N) is 1. The molecule has 0 unspecified atom stereocenters. The summed E-state index contributed by atoms with van der Waals surface area (Å²) in [6, 6.07) is 0. The molecule has 0 N–H and O–H groups in total. The molecular weight excluding hydrogens is 154 g/mol. The van der Waals surface area contributed by atoms with E-state index >= 15 is 0 Å². The first-order valence-corrected chi connectivity index (χ1v) is 3.66. The molecule has 0 aromatic carbocycles. The summed E-state index contributed by atoms with van der Waals surface area (Å²) < 4.78 is 5.67. The predicted molar refractivity (Wildman–Crippen MR) is 42.6 cm³/mol. The summed E-state index contributed by atoms with van der Waals surface area (Å²) in [5.74, 6) is 0. The van der Waals surface area contributed by atoms with Gasteiger partial charge in [0, 0.05) is 13.1 Å². The largest absolute Gasteiger partial charge is 0.378 e. The highest BCUT2D eigenvalue weighted by Crippen LogP contribution is 2.00. The molecule has 1 radical (unpaired) electrons. The Balaban J connectivity index is 2.31. The minimum absolute atomic E-state index is 0.568. The molecule has 0 bridgehead atoms. The van der Waals surface area contributed by atoms with Gasteiger partial charge in [-0.2, -0.15) is 0 Å². The maximum absolute atomic E-state index is 5.10. The molecule has 0 aromatic rings. The van der Waals surface area contributed by atoms with Crippen LogP contribution in [0.5, 0.6) is 0 Å². The SMILES string of the molecule is [S]C(=S)N1CCOCC1. The number of morpholine rings is 1. The van der Waals surface area contributed by atoms with Crippen molar-refractivity contribution >= 4 is 29.2 Å². The first-order valence-electron chi connectivity index (χ1n) is 2.84. The Labute approximate surface area is 65.6 Å². The molecule has 1 rings (SSSR count). The lowest BCUT2D eigenvalue weighted by Gasteiger charge is -2.25. The van der Waals surface area contributed by atoms with Gasteiger partial charge in [-0.3, -0.25) is 0 Å². The molecular formula is C5H8NOS2. The zero-order valence-electron chi connectivity index (χ0n) is 5.00. The molecule has 1 heterocycles. The Bertz CT molecular complexity index is 112. The monoisotopic (exact) mass is 162 g/mol. The van der Waals surface area contributed by atoms with E-state index in [1.165, 1.54) is 0 Å². The summed E-state index contributed by atoms with van der Waals surface area (Å²) >= 11 is 9.60. The van der Waals surface area contributed by atoms with Crippen LogP contribution in [0.3, 0.4) is 0 Å². The van der Waals surface area contributed by atoms with E-state index in [1.54, 1.807) is 0 Å². The van der Waals surface area contributed by atoms with Crippen LogP contribution in [0.4, 0.5) is 0 Å². The minimum Gasteiger partial charge on any atom is -0.378 e. The van der Waals surface area contributed by atoms with Gasteiger partial charge >= 0.3 is 0 Å². The van der Waals surface area contributed by atoms with Crippen molar-refractivity contribution in [3.8, 4) is 0 Å². The fraction of sp³-hybridized carbons (Fsp3) is 0.800. The third-order valence-electron chi connectivity index (χ3n) is 1.27.